The van der Waals surface area contributed by atoms with Crippen molar-refractivity contribution >= 4 is 6.41 Å². The van der Waals surface area contributed by atoms with E-state index in [1.807, 2.05) is 0 Å². The second kappa shape index (κ2) is 2.86. The first-order valence-corrected chi connectivity index (χ1v) is 3.69. The molecular weight excluding hydrogens is 126 g/mol. The van der Waals surface area contributed by atoms with E-state index in [2.05, 4.69) is 24.4 Å². The second-order valence-corrected chi connectivity index (χ2v) is 2.78. The predicted molar refractivity (Wildman–Crippen MR) is 40.6 cm³/mol. The average molecular weight is 139 g/mol. The number of carbonyl (C=O) groups excluding carboxylic acids is 1. The summed E-state index contributed by atoms with van der Waals surface area (Å²) in [6, 6.07) is 0. The van der Waals surface area contributed by atoms with Crippen LogP contribution in [0.1, 0.15) is 26.2 Å². The maximum Gasteiger partial charge on any atom is 0.207 e. The van der Waals surface area contributed by atoms with Crippen LogP contribution in [0.3, 0.4) is 0 Å². The van der Waals surface area contributed by atoms with Crippen LogP contribution in [-0.4, -0.2) is 11.9 Å². The normalized spacial score (nSPS) is 20.9. The van der Waals surface area contributed by atoms with Gasteiger partial charge in [0.2, 0.25) is 6.41 Å². The molecule has 0 fully saturated rings. The summed E-state index contributed by atoms with van der Waals surface area (Å²) in [6.45, 7) is 2.10. The number of hydrogen-bond donors (Lipinski definition) is 1. The van der Waals surface area contributed by atoms with E-state index in [-0.39, 0.29) is 5.54 Å². The quantitative estimate of drug-likeness (QED) is 0.462. The highest BCUT2D eigenvalue weighted by Crippen LogP contribution is 2.25. The summed E-state index contributed by atoms with van der Waals surface area (Å²) >= 11 is 0. The Labute approximate surface area is 61.3 Å². The Morgan fingerprint density at radius 2 is 2.20 bits per heavy atom. The molecule has 0 saturated carbocycles. The van der Waals surface area contributed by atoms with Gasteiger partial charge < -0.3 is 5.32 Å². The van der Waals surface area contributed by atoms with Crippen molar-refractivity contribution in [3.8, 4) is 0 Å². The second-order valence-electron chi connectivity index (χ2n) is 2.78. The molecule has 0 unspecified atom stereocenters. The highest BCUT2D eigenvalue weighted by atomic mass is 16.1. The van der Waals surface area contributed by atoms with Crippen molar-refractivity contribution in [1.82, 2.24) is 5.32 Å². The third-order valence-electron chi connectivity index (χ3n) is 2.23. The van der Waals surface area contributed by atoms with Crippen LogP contribution in [0.25, 0.3) is 0 Å². The van der Waals surface area contributed by atoms with E-state index >= 15 is 0 Å². The zero-order valence-electron chi connectivity index (χ0n) is 6.26. The van der Waals surface area contributed by atoms with Gasteiger partial charge in [-0.2, -0.15) is 0 Å². The zero-order chi connectivity index (χ0) is 7.45. The number of amides is 1. The van der Waals surface area contributed by atoms with Crippen LogP contribution in [0.15, 0.2) is 12.2 Å². The van der Waals surface area contributed by atoms with Crippen LogP contribution in [0, 0.1) is 0 Å². The molecule has 1 amide bonds. The molecule has 1 rings (SSSR count). The summed E-state index contributed by atoms with van der Waals surface area (Å²) in [6.07, 6.45) is 8.04. The summed E-state index contributed by atoms with van der Waals surface area (Å²) in [5.74, 6) is 0. The molecule has 10 heavy (non-hydrogen) atoms. The molecule has 0 aromatic rings. The summed E-state index contributed by atoms with van der Waals surface area (Å²) in [5.41, 5.74) is 0.0573. The number of rotatable bonds is 3. The standard InChI is InChI=1S/C8H13NO/c1-2-8(9-7-10)5-3-4-6-8/h3-4,7H,2,5-6H2,1H3,(H,9,10). The number of hydrogen-bond acceptors (Lipinski definition) is 1. The molecule has 1 aliphatic carbocycles. The third kappa shape index (κ3) is 1.20. The monoisotopic (exact) mass is 139 g/mol. The molecule has 1 N–H and O–H groups in total. The van der Waals surface area contributed by atoms with Crippen LogP contribution in [0.4, 0.5) is 0 Å². The fourth-order valence-electron chi connectivity index (χ4n) is 1.33. The van der Waals surface area contributed by atoms with Gasteiger partial charge in [0.25, 0.3) is 0 Å². The number of carbonyl (C=O) groups is 1. The van der Waals surface area contributed by atoms with E-state index in [9.17, 15) is 4.79 Å². The molecule has 0 aromatic carbocycles. The molecule has 0 aliphatic heterocycles. The summed E-state index contributed by atoms with van der Waals surface area (Å²) in [4.78, 5) is 10.2. The van der Waals surface area contributed by atoms with Crippen LogP contribution in [0.5, 0.6) is 0 Å². The van der Waals surface area contributed by atoms with E-state index in [0.29, 0.717) is 0 Å². The minimum Gasteiger partial charge on any atom is -0.353 e. The lowest BCUT2D eigenvalue weighted by Crippen LogP contribution is -2.41. The first-order valence-electron chi connectivity index (χ1n) is 3.69. The Morgan fingerprint density at radius 1 is 1.60 bits per heavy atom. The van der Waals surface area contributed by atoms with Crippen molar-refractivity contribution in [2.24, 2.45) is 0 Å². The Hall–Kier alpha value is -0.790. The van der Waals surface area contributed by atoms with E-state index in [1.54, 1.807) is 0 Å². The third-order valence-corrected chi connectivity index (χ3v) is 2.23. The van der Waals surface area contributed by atoms with Gasteiger partial charge in [0.05, 0.1) is 0 Å². The van der Waals surface area contributed by atoms with Crippen molar-refractivity contribution in [2.45, 2.75) is 31.7 Å². The SMILES string of the molecule is CCC1(NC=O)CC=CC1. The maximum absolute atomic E-state index is 10.2. The van der Waals surface area contributed by atoms with Crippen molar-refractivity contribution in [2.75, 3.05) is 0 Å². The van der Waals surface area contributed by atoms with E-state index in [4.69, 9.17) is 0 Å². The lowest BCUT2D eigenvalue weighted by molar-refractivity contribution is -0.111. The molecule has 0 atom stereocenters. The molecule has 1 aliphatic rings. The highest BCUT2D eigenvalue weighted by molar-refractivity contribution is 5.48. The topological polar surface area (TPSA) is 29.1 Å². The fourth-order valence-corrected chi connectivity index (χ4v) is 1.33. The summed E-state index contributed by atoms with van der Waals surface area (Å²) in [5, 5.41) is 2.86. The van der Waals surface area contributed by atoms with E-state index < -0.39 is 0 Å². The van der Waals surface area contributed by atoms with Crippen molar-refractivity contribution in [3.05, 3.63) is 12.2 Å². The lowest BCUT2D eigenvalue weighted by Gasteiger charge is -2.26. The molecule has 0 heterocycles. The molecule has 2 heteroatoms. The van der Waals surface area contributed by atoms with Gasteiger partial charge in [-0.1, -0.05) is 19.1 Å². The van der Waals surface area contributed by atoms with Crippen molar-refractivity contribution in [1.29, 1.82) is 0 Å². The molecular formula is C8H13NO. The molecule has 56 valence electrons. The summed E-state index contributed by atoms with van der Waals surface area (Å²) in [7, 11) is 0. The Morgan fingerprint density at radius 3 is 2.60 bits per heavy atom. The first kappa shape index (κ1) is 7.32. The van der Waals surface area contributed by atoms with Crippen molar-refractivity contribution in [3.63, 3.8) is 0 Å². The van der Waals surface area contributed by atoms with Gasteiger partial charge in [-0.05, 0) is 19.3 Å². The summed E-state index contributed by atoms with van der Waals surface area (Å²) < 4.78 is 0. The minimum atomic E-state index is 0.0573. The van der Waals surface area contributed by atoms with Gasteiger partial charge in [0, 0.05) is 5.54 Å². The maximum atomic E-state index is 10.2. The van der Waals surface area contributed by atoms with Crippen LogP contribution in [-0.2, 0) is 4.79 Å². The van der Waals surface area contributed by atoms with E-state index in [1.165, 1.54) is 0 Å². The van der Waals surface area contributed by atoms with E-state index in [0.717, 1.165) is 25.7 Å². The van der Waals surface area contributed by atoms with Gasteiger partial charge in [-0.15, -0.1) is 0 Å². The Kier molecular flexibility index (Phi) is 2.10. The van der Waals surface area contributed by atoms with Crippen molar-refractivity contribution < 1.29 is 4.79 Å². The lowest BCUT2D eigenvalue weighted by atomic mass is 9.94. The fraction of sp³-hybridized carbons (Fsp3) is 0.625. The van der Waals surface area contributed by atoms with Gasteiger partial charge >= 0.3 is 0 Å². The Balaban J connectivity index is 2.51. The van der Waals surface area contributed by atoms with Gasteiger partial charge in [-0.3, -0.25) is 4.79 Å². The smallest absolute Gasteiger partial charge is 0.207 e. The minimum absolute atomic E-state index is 0.0573. The molecule has 2 nitrogen and oxygen atoms in total. The number of nitrogens with one attached hydrogen (secondary N) is 1. The van der Waals surface area contributed by atoms with Gasteiger partial charge in [0.1, 0.15) is 0 Å². The van der Waals surface area contributed by atoms with Crippen LogP contribution in [0.2, 0.25) is 0 Å². The van der Waals surface area contributed by atoms with Crippen LogP contribution < -0.4 is 5.32 Å². The average Bonchev–Trinajstić information content (AvgIpc) is 2.39. The molecule has 0 bridgehead atoms. The van der Waals surface area contributed by atoms with Crippen LogP contribution >= 0.6 is 0 Å². The molecule has 0 radical (unpaired) electrons. The molecule has 0 spiro atoms. The molecule has 0 aromatic heterocycles. The first-order chi connectivity index (χ1) is 4.83. The predicted octanol–water partition coefficient (Wildman–Crippen LogP) is 1.23. The largest absolute Gasteiger partial charge is 0.353 e. The highest BCUT2D eigenvalue weighted by Gasteiger charge is 2.27. The Bertz CT molecular complexity index is 143. The van der Waals surface area contributed by atoms with Gasteiger partial charge in [0.15, 0.2) is 0 Å². The molecule has 0 saturated heterocycles. The van der Waals surface area contributed by atoms with Gasteiger partial charge in [-0.25, -0.2) is 0 Å². The zero-order valence-corrected chi connectivity index (χ0v) is 6.26.